The molecule has 2 aromatic heterocycles. The average Bonchev–Trinajstić information content (AvgIpc) is 3.28. The molecule has 0 saturated carbocycles. The summed E-state index contributed by atoms with van der Waals surface area (Å²) in [7, 11) is 1.25. The summed E-state index contributed by atoms with van der Waals surface area (Å²) in [5.41, 5.74) is 2.48. The van der Waals surface area contributed by atoms with E-state index < -0.39 is 5.97 Å². The van der Waals surface area contributed by atoms with Gasteiger partial charge in [-0.25, -0.2) is 14.8 Å². The van der Waals surface area contributed by atoms with Crippen LogP contribution in [0.15, 0.2) is 58.1 Å². The molecule has 7 nitrogen and oxygen atoms in total. The van der Waals surface area contributed by atoms with E-state index in [0.717, 1.165) is 16.7 Å². The standard InChI is InChI=1S/C21H17N3O4/c1-27-21(26)17-18(25)16(10-14-12-23-19-15(14)8-5-9-22-19)28-20(17)24-11-13-6-3-2-4-7-13/h2-10,12,24-25H,11H2,1H3/b14-10+. The molecule has 2 N–H and O–H groups in total. The first kappa shape index (κ1) is 17.5. The van der Waals surface area contributed by atoms with Gasteiger partial charge in [0.05, 0.1) is 7.11 Å². The Morgan fingerprint density at radius 2 is 2.07 bits per heavy atom. The van der Waals surface area contributed by atoms with E-state index in [1.165, 1.54) is 7.11 Å². The lowest BCUT2D eigenvalue weighted by Gasteiger charge is -2.05. The molecule has 0 spiro atoms. The first-order valence-electron chi connectivity index (χ1n) is 8.60. The molecule has 0 radical (unpaired) electrons. The molecule has 1 aliphatic heterocycles. The summed E-state index contributed by atoms with van der Waals surface area (Å²) < 4.78 is 10.5. The largest absolute Gasteiger partial charge is 0.504 e. The molecule has 28 heavy (non-hydrogen) atoms. The number of carbonyl (C=O) groups excluding carboxylic acids is 1. The number of aromatic nitrogens is 1. The zero-order valence-electron chi connectivity index (χ0n) is 15.0. The number of fused-ring (bicyclic) bond motifs is 1. The fourth-order valence-electron chi connectivity index (χ4n) is 2.91. The van der Waals surface area contributed by atoms with E-state index in [4.69, 9.17) is 9.15 Å². The highest BCUT2D eigenvalue weighted by Gasteiger charge is 2.26. The van der Waals surface area contributed by atoms with Crippen molar-refractivity contribution < 1.29 is 19.1 Å². The molecule has 3 aromatic rings. The van der Waals surface area contributed by atoms with Crippen molar-refractivity contribution >= 4 is 35.5 Å². The summed E-state index contributed by atoms with van der Waals surface area (Å²) in [6, 6.07) is 13.3. The first-order valence-corrected chi connectivity index (χ1v) is 8.60. The number of methoxy groups -OCH3 is 1. The molecular formula is C21H17N3O4. The van der Waals surface area contributed by atoms with Gasteiger partial charge in [-0.15, -0.1) is 0 Å². The molecular weight excluding hydrogens is 358 g/mol. The molecule has 0 bridgehead atoms. The third-order valence-corrected chi connectivity index (χ3v) is 4.30. The third-order valence-electron chi connectivity index (χ3n) is 4.30. The Morgan fingerprint density at radius 3 is 2.86 bits per heavy atom. The van der Waals surface area contributed by atoms with E-state index in [1.54, 1.807) is 24.6 Å². The Morgan fingerprint density at radius 1 is 1.25 bits per heavy atom. The zero-order chi connectivity index (χ0) is 19.5. The highest BCUT2D eigenvalue weighted by molar-refractivity contribution is 6.21. The summed E-state index contributed by atoms with van der Waals surface area (Å²) in [5, 5.41) is 13.6. The second-order valence-corrected chi connectivity index (χ2v) is 6.08. The first-order chi connectivity index (χ1) is 13.7. The molecule has 0 aliphatic carbocycles. The lowest BCUT2D eigenvalue weighted by atomic mass is 10.1. The van der Waals surface area contributed by atoms with Gasteiger partial charge in [0.2, 0.25) is 5.88 Å². The molecule has 0 fully saturated rings. The third kappa shape index (κ3) is 3.25. The predicted octanol–water partition coefficient (Wildman–Crippen LogP) is 4.04. The van der Waals surface area contributed by atoms with E-state index in [1.807, 2.05) is 36.4 Å². The fourth-order valence-corrected chi connectivity index (χ4v) is 2.91. The van der Waals surface area contributed by atoms with Crippen LogP contribution in [0, 0.1) is 0 Å². The number of furan rings is 1. The number of esters is 1. The number of allylic oxidation sites excluding steroid dienone is 1. The molecule has 0 saturated heterocycles. The minimum absolute atomic E-state index is 0.0494. The minimum atomic E-state index is -0.691. The van der Waals surface area contributed by atoms with Gasteiger partial charge in [0, 0.05) is 30.1 Å². The maximum absolute atomic E-state index is 12.2. The molecule has 1 aromatic carbocycles. The number of nitrogens with one attached hydrogen (secondary N) is 1. The van der Waals surface area contributed by atoms with Crippen LogP contribution in [0.2, 0.25) is 0 Å². The van der Waals surface area contributed by atoms with Crippen LogP contribution in [0.5, 0.6) is 5.75 Å². The Kier molecular flexibility index (Phi) is 4.63. The van der Waals surface area contributed by atoms with Gasteiger partial charge in [0.25, 0.3) is 0 Å². The van der Waals surface area contributed by atoms with Gasteiger partial charge < -0.3 is 19.6 Å². The van der Waals surface area contributed by atoms with Gasteiger partial charge in [0.1, 0.15) is 0 Å². The van der Waals surface area contributed by atoms with E-state index in [0.29, 0.717) is 12.4 Å². The molecule has 7 heteroatoms. The minimum Gasteiger partial charge on any atom is -0.504 e. The summed E-state index contributed by atoms with van der Waals surface area (Å²) in [4.78, 5) is 20.6. The number of aromatic hydroxyl groups is 1. The predicted molar refractivity (Wildman–Crippen MR) is 106 cm³/mol. The van der Waals surface area contributed by atoms with Crippen LogP contribution in [0.25, 0.3) is 11.6 Å². The van der Waals surface area contributed by atoms with Crippen molar-refractivity contribution in [3.8, 4) is 5.75 Å². The van der Waals surface area contributed by atoms with Crippen LogP contribution in [-0.2, 0) is 11.3 Å². The van der Waals surface area contributed by atoms with Gasteiger partial charge >= 0.3 is 5.97 Å². The van der Waals surface area contributed by atoms with Crippen molar-refractivity contribution in [1.82, 2.24) is 4.98 Å². The van der Waals surface area contributed by atoms with Crippen LogP contribution in [0.1, 0.15) is 27.2 Å². The van der Waals surface area contributed by atoms with Gasteiger partial charge in [0.15, 0.2) is 22.9 Å². The van der Waals surface area contributed by atoms with Crippen LogP contribution in [0.4, 0.5) is 11.7 Å². The Hall–Kier alpha value is -3.87. The van der Waals surface area contributed by atoms with Gasteiger partial charge in [-0.3, -0.25) is 0 Å². The average molecular weight is 375 g/mol. The van der Waals surface area contributed by atoms with Crippen molar-refractivity contribution in [3.63, 3.8) is 0 Å². The van der Waals surface area contributed by atoms with Gasteiger partial charge in [-0.2, -0.15) is 0 Å². The van der Waals surface area contributed by atoms with Crippen molar-refractivity contribution in [2.45, 2.75) is 6.54 Å². The van der Waals surface area contributed by atoms with E-state index in [-0.39, 0.29) is 23.0 Å². The summed E-state index contributed by atoms with van der Waals surface area (Å²) in [6.45, 7) is 0.419. The van der Waals surface area contributed by atoms with Crippen LogP contribution >= 0.6 is 0 Å². The molecule has 140 valence electrons. The summed E-state index contributed by atoms with van der Waals surface area (Å²) in [5.74, 6) is -0.116. The van der Waals surface area contributed by atoms with Crippen molar-refractivity contribution in [3.05, 3.63) is 71.1 Å². The smallest absolute Gasteiger partial charge is 0.347 e. The topological polar surface area (TPSA) is 97.0 Å². The van der Waals surface area contributed by atoms with E-state index in [2.05, 4.69) is 15.3 Å². The summed E-state index contributed by atoms with van der Waals surface area (Å²) in [6.07, 6.45) is 4.91. The number of ether oxygens (including phenoxy) is 1. The molecule has 0 unspecified atom stereocenters. The van der Waals surface area contributed by atoms with Crippen molar-refractivity contribution in [2.75, 3.05) is 12.4 Å². The number of benzene rings is 1. The number of aliphatic imine (C=N–C) groups is 1. The number of carbonyl (C=O) groups is 1. The van der Waals surface area contributed by atoms with Crippen LogP contribution in [0.3, 0.4) is 0 Å². The number of hydrogen-bond acceptors (Lipinski definition) is 7. The summed E-state index contributed by atoms with van der Waals surface area (Å²) >= 11 is 0. The lowest BCUT2D eigenvalue weighted by molar-refractivity contribution is 0.0598. The number of rotatable bonds is 5. The Bertz CT molecular complexity index is 1080. The Labute approximate surface area is 161 Å². The number of pyridine rings is 1. The SMILES string of the molecule is COC(=O)c1c(NCc2ccccc2)oc(/C=C2\C=Nc3ncccc32)c1O. The van der Waals surface area contributed by atoms with Crippen LogP contribution in [-0.4, -0.2) is 29.4 Å². The van der Waals surface area contributed by atoms with Crippen molar-refractivity contribution in [2.24, 2.45) is 4.99 Å². The highest BCUT2D eigenvalue weighted by atomic mass is 16.5. The van der Waals surface area contributed by atoms with Crippen LogP contribution < -0.4 is 5.32 Å². The second-order valence-electron chi connectivity index (χ2n) is 6.08. The quantitative estimate of drug-likeness (QED) is 0.654. The maximum Gasteiger partial charge on any atom is 0.347 e. The Balaban J connectivity index is 1.69. The highest BCUT2D eigenvalue weighted by Crippen LogP contribution is 2.38. The monoisotopic (exact) mass is 375 g/mol. The van der Waals surface area contributed by atoms with E-state index in [9.17, 15) is 9.90 Å². The van der Waals surface area contributed by atoms with Gasteiger partial charge in [-0.05, 0) is 23.8 Å². The zero-order valence-corrected chi connectivity index (χ0v) is 15.0. The molecule has 0 atom stereocenters. The molecule has 3 heterocycles. The number of nitrogens with zero attached hydrogens (tertiary/aromatic N) is 2. The number of hydrogen-bond donors (Lipinski definition) is 2. The molecule has 4 rings (SSSR count). The van der Waals surface area contributed by atoms with E-state index >= 15 is 0 Å². The van der Waals surface area contributed by atoms with Gasteiger partial charge in [-0.1, -0.05) is 30.3 Å². The fraction of sp³-hybridized carbons (Fsp3) is 0.0952. The second kappa shape index (κ2) is 7.40. The maximum atomic E-state index is 12.2. The normalized spacial score (nSPS) is 13.5. The molecule has 1 aliphatic rings. The lowest BCUT2D eigenvalue weighted by Crippen LogP contribution is -2.06. The number of anilines is 1. The van der Waals surface area contributed by atoms with Crippen molar-refractivity contribution in [1.29, 1.82) is 0 Å². The molecule has 0 amide bonds.